The molecule has 0 spiro atoms. The Morgan fingerprint density at radius 2 is 2.00 bits per heavy atom. The lowest BCUT2D eigenvalue weighted by Gasteiger charge is -1.97. The molecule has 5 nitrogen and oxygen atoms in total. The molecule has 0 radical (unpaired) electrons. The van der Waals surface area contributed by atoms with Crippen molar-refractivity contribution in [3.05, 3.63) is 61.3 Å². The van der Waals surface area contributed by atoms with E-state index in [0.717, 1.165) is 34.3 Å². The lowest BCUT2D eigenvalue weighted by Crippen LogP contribution is -1.93. The Labute approximate surface area is 127 Å². The van der Waals surface area contributed by atoms with Gasteiger partial charge in [-0.25, -0.2) is 4.68 Å². The summed E-state index contributed by atoms with van der Waals surface area (Å²) in [5.41, 5.74) is 4.20. The minimum absolute atomic E-state index is 0.876. The van der Waals surface area contributed by atoms with Crippen LogP contribution in [0.3, 0.4) is 0 Å². The van der Waals surface area contributed by atoms with Gasteiger partial charge >= 0.3 is 0 Å². The Kier molecular flexibility index (Phi) is 2.96. The molecule has 3 aromatic heterocycles. The molecule has 0 atom stereocenters. The standard InChI is InChI=1S/C17H15N5/c1-2-21-11-15(9-19-21)13-5-6-17-14(8-13)12-22(20-17)16-4-3-7-18-10-16/h3-12H,2H2,1H3. The Bertz CT molecular complexity index is 921. The predicted octanol–water partition coefficient (Wildman–Crippen LogP) is 3.30. The number of benzene rings is 1. The number of nitrogens with zero attached hydrogens (tertiary/aromatic N) is 5. The van der Waals surface area contributed by atoms with Crippen LogP contribution in [-0.2, 0) is 6.54 Å². The first-order valence-corrected chi connectivity index (χ1v) is 7.26. The SMILES string of the molecule is CCn1cc(-c2ccc3nn(-c4cccnc4)cc3c2)cn1. The van der Waals surface area contributed by atoms with Gasteiger partial charge in [0.1, 0.15) is 0 Å². The summed E-state index contributed by atoms with van der Waals surface area (Å²) in [4.78, 5) is 4.14. The van der Waals surface area contributed by atoms with Crippen LogP contribution in [0.2, 0.25) is 0 Å². The molecule has 0 fully saturated rings. The average Bonchev–Trinajstić information content (AvgIpc) is 3.21. The van der Waals surface area contributed by atoms with Gasteiger partial charge < -0.3 is 0 Å². The van der Waals surface area contributed by atoms with Crippen LogP contribution in [0.25, 0.3) is 27.7 Å². The second-order valence-electron chi connectivity index (χ2n) is 5.14. The van der Waals surface area contributed by atoms with Crippen LogP contribution >= 0.6 is 0 Å². The Hall–Kier alpha value is -2.95. The summed E-state index contributed by atoms with van der Waals surface area (Å²) in [6, 6.07) is 10.2. The number of hydrogen-bond acceptors (Lipinski definition) is 3. The maximum absolute atomic E-state index is 4.59. The van der Waals surface area contributed by atoms with Crippen LogP contribution < -0.4 is 0 Å². The Morgan fingerprint density at radius 1 is 1.05 bits per heavy atom. The fraction of sp³-hybridized carbons (Fsp3) is 0.118. The molecule has 0 amide bonds. The molecule has 0 saturated carbocycles. The Morgan fingerprint density at radius 3 is 2.77 bits per heavy atom. The lowest BCUT2D eigenvalue weighted by molar-refractivity contribution is 0.660. The minimum atomic E-state index is 0.876. The highest BCUT2D eigenvalue weighted by molar-refractivity contribution is 5.84. The number of rotatable bonds is 3. The highest BCUT2D eigenvalue weighted by atomic mass is 15.3. The van der Waals surface area contributed by atoms with E-state index in [-0.39, 0.29) is 0 Å². The second-order valence-corrected chi connectivity index (χ2v) is 5.14. The number of aromatic nitrogens is 5. The molecule has 0 N–H and O–H groups in total. The molecule has 4 rings (SSSR count). The van der Waals surface area contributed by atoms with E-state index in [4.69, 9.17) is 0 Å². The van der Waals surface area contributed by atoms with Crippen molar-refractivity contribution < 1.29 is 0 Å². The molecule has 108 valence electrons. The smallest absolute Gasteiger partial charge is 0.0928 e. The van der Waals surface area contributed by atoms with Crippen molar-refractivity contribution in [3.63, 3.8) is 0 Å². The van der Waals surface area contributed by atoms with Crippen LogP contribution in [0.1, 0.15) is 6.92 Å². The normalized spacial score (nSPS) is 11.1. The summed E-state index contributed by atoms with van der Waals surface area (Å²) >= 11 is 0. The summed E-state index contributed by atoms with van der Waals surface area (Å²) < 4.78 is 3.79. The lowest BCUT2D eigenvalue weighted by atomic mass is 10.1. The molecule has 0 unspecified atom stereocenters. The van der Waals surface area contributed by atoms with Crippen LogP contribution in [0.5, 0.6) is 0 Å². The van der Waals surface area contributed by atoms with Gasteiger partial charge in [-0.2, -0.15) is 10.2 Å². The van der Waals surface area contributed by atoms with Crippen molar-refractivity contribution in [1.29, 1.82) is 0 Å². The van der Waals surface area contributed by atoms with Gasteiger partial charge in [0.2, 0.25) is 0 Å². The summed E-state index contributed by atoms with van der Waals surface area (Å²) in [5.74, 6) is 0. The summed E-state index contributed by atoms with van der Waals surface area (Å²) in [5, 5.41) is 10.0. The Balaban J connectivity index is 1.78. The summed E-state index contributed by atoms with van der Waals surface area (Å²) in [6.07, 6.45) is 9.55. The van der Waals surface area contributed by atoms with Crippen molar-refractivity contribution in [2.24, 2.45) is 0 Å². The zero-order valence-corrected chi connectivity index (χ0v) is 12.2. The van der Waals surface area contributed by atoms with E-state index in [1.165, 1.54) is 0 Å². The maximum atomic E-state index is 4.59. The number of pyridine rings is 1. The largest absolute Gasteiger partial charge is 0.272 e. The topological polar surface area (TPSA) is 48.5 Å². The molecule has 0 aliphatic heterocycles. The molecule has 22 heavy (non-hydrogen) atoms. The van der Waals surface area contributed by atoms with Crippen LogP contribution in [0.15, 0.2) is 61.3 Å². The average molecular weight is 289 g/mol. The third kappa shape index (κ3) is 2.16. The second kappa shape index (κ2) is 5.11. The van der Waals surface area contributed by atoms with Crippen molar-refractivity contribution in [3.8, 4) is 16.8 Å². The van der Waals surface area contributed by atoms with E-state index in [0.29, 0.717) is 0 Å². The quantitative estimate of drug-likeness (QED) is 0.581. The van der Waals surface area contributed by atoms with Gasteiger partial charge in [-0.1, -0.05) is 6.07 Å². The van der Waals surface area contributed by atoms with E-state index in [1.807, 2.05) is 40.0 Å². The van der Waals surface area contributed by atoms with Crippen molar-refractivity contribution in [1.82, 2.24) is 24.5 Å². The van der Waals surface area contributed by atoms with Crippen LogP contribution in [0.4, 0.5) is 0 Å². The molecular formula is C17H15N5. The molecule has 0 aliphatic rings. The number of fused-ring (bicyclic) bond motifs is 1. The molecule has 4 aromatic rings. The fourth-order valence-electron chi connectivity index (χ4n) is 2.51. The highest BCUT2D eigenvalue weighted by Crippen LogP contribution is 2.24. The molecule has 5 heteroatoms. The van der Waals surface area contributed by atoms with Crippen molar-refractivity contribution in [2.45, 2.75) is 13.5 Å². The van der Waals surface area contributed by atoms with E-state index in [1.54, 1.807) is 12.4 Å². The minimum Gasteiger partial charge on any atom is -0.272 e. The predicted molar refractivity (Wildman–Crippen MR) is 85.8 cm³/mol. The zero-order valence-electron chi connectivity index (χ0n) is 12.2. The third-order valence-corrected chi connectivity index (χ3v) is 3.71. The van der Waals surface area contributed by atoms with Crippen molar-refractivity contribution >= 4 is 10.9 Å². The number of aryl methyl sites for hydroxylation is 1. The van der Waals surface area contributed by atoms with Gasteiger partial charge in [0.25, 0.3) is 0 Å². The van der Waals surface area contributed by atoms with Gasteiger partial charge in [-0.15, -0.1) is 0 Å². The summed E-state index contributed by atoms with van der Waals surface area (Å²) in [7, 11) is 0. The van der Waals surface area contributed by atoms with Gasteiger partial charge in [-0.05, 0) is 36.8 Å². The monoisotopic (exact) mass is 289 g/mol. The highest BCUT2D eigenvalue weighted by Gasteiger charge is 2.06. The first-order chi connectivity index (χ1) is 10.8. The van der Waals surface area contributed by atoms with E-state index in [9.17, 15) is 0 Å². The third-order valence-electron chi connectivity index (χ3n) is 3.71. The fourth-order valence-corrected chi connectivity index (χ4v) is 2.51. The molecule has 0 aliphatic carbocycles. The first kappa shape index (κ1) is 12.8. The molecule has 1 aromatic carbocycles. The van der Waals surface area contributed by atoms with Crippen LogP contribution in [0, 0.1) is 0 Å². The van der Waals surface area contributed by atoms with Crippen molar-refractivity contribution in [2.75, 3.05) is 0 Å². The van der Waals surface area contributed by atoms with Gasteiger partial charge in [0.15, 0.2) is 0 Å². The van der Waals surface area contributed by atoms with Gasteiger partial charge in [0.05, 0.1) is 23.6 Å². The summed E-state index contributed by atoms with van der Waals surface area (Å²) in [6.45, 7) is 2.96. The molecule has 0 saturated heterocycles. The number of hydrogen-bond donors (Lipinski definition) is 0. The van der Waals surface area contributed by atoms with Crippen LogP contribution in [-0.4, -0.2) is 24.5 Å². The van der Waals surface area contributed by atoms with Gasteiger partial charge in [-0.3, -0.25) is 9.67 Å². The van der Waals surface area contributed by atoms with Gasteiger partial charge in [0, 0.05) is 36.1 Å². The zero-order chi connectivity index (χ0) is 14.9. The molecule has 0 bridgehead atoms. The van der Waals surface area contributed by atoms with E-state index < -0.39 is 0 Å². The van der Waals surface area contributed by atoms with E-state index >= 15 is 0 Å². The molecule has 3 heterocycles. The molecular weight excluding hydrogens is 274 g/mol. The van der Waals surface area contributed by atoms with E-state index in [2.05, 4.69) is 40.4 Å². The first-order valence-electron chi connectivity index (χ1n) is 7.26. The maximum Gasteiger partial charge on any atom is 0.0928 e.